The minimum absolute atomic E-state index is 0.0315. The van der Waals surface area contributed by atoms with E-state index in [9.17, 15) is 18.3 Å². The number of aliphatic hydroxyl groups excluding tert-OH is 1. The van der Waals surface area contributed by atoms with Gasteiger partial charge in [-0.15, -0.1) is 0 Å². The summed E-state index contributed by atoms with van der Waals surface area (Å²) in [4.78, 5) is 12.8. The SMILES string of the molecule is C[C@@H]1C[C@@H](C)CN(S(=O)(=O)c2ccc(Cl)c(C(=O)NC3CCC(O)CC3)c2)C1. The van der Waals surface area contributed by atoms with Gasteiger partial charge >= 0.3 is 0 Å². The highest BCUT2D eigenvalue weighted by Crippen LogP contribution is 2.29. The van der Waals surface area contributed by atoms with Crippen molar-refractivity contribution in [3.05, 3.63) is 28.8 Å². The number of halogens is 1. The fourth-order valence-corrected chi connectivity index (χ4v) is 6.18. The molecule has 2 aliphatic rings. The molecule has 1 amide bonds. The summed E-state index contributed by atoms with van der Waals surface area (Å²) in [7, 11) is -3.68. The van der Waals surface area contributed by atoms with E-state index < -0.39 is 10.0 Å². The molecule has 2 atom stereocenters. The number of benzene rings is 1. The van der Waals surface area contributed by atoms with E-state index in [0.717, 1.165) is 6.42 Å². The van der Waals surface area contributed by atoms with Crippen molar-refractivity contribution >= 4 is 27.5 Å². The number of piperidine rings is 1. The van der Waals surface area contributed by atoms with Gasteiger partial charge in [-0.1, -0.05) is 25.4 Å². The summed E-state index contributed by atoms with van der Waals surface area (Å²) in [5.74, 6) is 0.231. The van der Waals surface area contributed by atoms with Crippen LogP contribution in [0.1, 0.15) is 56.3 Å². The Labute approximate surface area is 172 Å². The number of hydrogen-bond acceptors (Lipinski definition) is 4. The Balaban J connectivity index is 1.79. The molecule has 0 unspecified atom stereocenters. The van der Waals surface area contributed by atoms with Crippen molar-refractivity contribution in [2.45, 2.75) is 63.0 Å². The highest BCUT2D eigenvalue weighted by molar-refractivity contribution is 7.89. The van der Waals surface area contributed by atoms with Crippen molar-refractivity contribution in [1.82, 2.24) is 9.62 Å². The molecule has 0 bridgehead atoms. The molecule has 6 nitrogen and oxygen atoms in total. The van der Waals surface area contributed by atoms with Crippen LogP contribution < -0.4 is 5.32 Å². The topological polar surface area (TPSA) is 86.7 Å². The number of amides is 1. The Morgan fingerprint density at radius 1 is 1.14 bits per heavy atom. The highest BCUT2D eigenvalue weighted by atomic mass is 35.5. The van der Waals surface area contributed by atoms with Crippen LogP contribution in [0.3, 0.4) is 0 Å². The van der Waals surface area contributed by atoms with Crippen molar-refractivity contribution in [2.75, 3.05) is 13.1 Å². The van der Waals surface area contributed by atoms with E-state index in [2.05, 4.69) is 19.2 Å². The molecule has 28 heavy (non-hydrogen) atoms. The van der Waals surface area contributed by atoms with Gasteiger partial charge in [0.15, 0.2) is 0 Å². The fourth-order valence-electron chi connectivity index (χ4n) is 4.27. The number of nitrogens with zero attached hydrogens (tertiary/aromatic N) is 1. The maximum absolute atomic E-state index is 13.1. The van der Waals surface area contributed by atoms with E-state index >= 15 is 0 Å². The lowest BCUT2D eigenvalue weighted by molar-refractivity contribution is 0.0867. The highest BCUT2D eigenvalue weighted by Gasteiger charge is 2.32. The first-order valence-electron chi connectivity index (χ1n) is 9.95. The smallest absolute Gasteiger partial charge is 0.253 e. The van der Waals surface area contributed by atoms with Crippen molar-refractivity contribution in [3.63, 3.8) is 0 Å². The molecule has 8 heteroatoms. The zero-order valence-electron chi connectivity index (χ0n) is 16.4. The summed E-state index contributed by atoms with van der Waals surface area (Å²) in [5, 5.41) is 12.8. The second kappa shape index (κ2) is 8.69. The summed E-state index contributed by atoms with van der Waals surface area (Å²) < 4.78 is 27.7. The van der Waals surface area contributed by atoms with Gasteiger partial charge in [-0.05, 0) is 62.1 Å². The maximum atomic E-state index is 13.1. The zero-order chi connectivity index (χ0) is 20.5. The Bertz CT molecular complexity index is 811. The molecule has 3 rings (SSSR count). The predicted molar refractivity (Wildman–Crippen MR) is 109 cm³/mol. The number of nitrogens with one attached hydrogen (secondary N) is 1. The maximum Gasteiger partial charge on any atom is 0.253 e. The second-order valence-corrected chi connectivity index (χ2v) is 10.7. The van der Waals surface area contributed by atoms with Crippen LogP contribution in [0, 0.1) is 11.8 Å². The van der Waals surface area contributed by atoms with Crippen molar-refractivity contribution in [3.8, 4) is 0 Å². The molecular weight excluding hydrogens is 400 g/mol. The largest absolute Gasteiger partial charge is 0.393 e. The van der Waals surface area contributed by atoms with Gasteiger partial charge < -0.3 is 10.4 Å². The Morgan fingerprint density at radius 3 is 2.36 bits per heavy atom. The van der Waals surface area contributed by atoms with Crippen LogP contribution in [-0.4, -0.2) is 49.0 Å². The van der Waals surface area contributed by atoms with Crippen LogP contribution in [0.2, 0.25) is 5.02 Å². The molecule has 1 aromatic rings. The quantitative estimate of drug-likeness (QED) is 0.771. The van der Waals surface area contributed by atoms with Gasteiger partial charge in [-0.2, -0.15) is 4.31 Å². The fraction of sp³-hybridized carbons (Fsp3) is 0.650. The molecule has 1 saturated carbocycles. The summed E-state index contributed by atoms with van der Waals surface area (Å²) >= 11 is 6.20. The molecule has 0 aromatic heterocycles. The van der Waals surface area contributed by atoms with Crippen molar-refractivity contribution in [2.24, 2.45) is 11.8 Å². The molecule has 1 aliphatic carbocycles. The van der Waals surface area contributed by atoms with Gasteiger partial charge in [0.25, 0.3) is 5.91 Å². The van der Waals surface area contributed by atoms with E-state index in [1.54, 1.807) is 0 Å². The van der Waals surface area contributed by atoms with E-state index in [1.165, 1.54) is 22.5 Å². The van der Waals surface area contributed by atoms with Crippen LogP contribution in [0.15, 0.2) is 23.1 Å². The third-order valence-corrected chi connectivity index (χ3v) is 7.84. The van der Waals surface area contributed by atoms with Gasteiger partial charge in [-0.25, -0.2) is 8.42 Å². The Hall–Kier alpha value is -1.15. The van der Waals surface area contributed by atoms with Gasteiger partial charge in [0.05, 0.1) is 21.6 Å². The average molecular weight is 429 g/mol. The molecule has 2 N–H and O–H groups in total. The van der Waals surface area contributed by atoms with E-state index in [1.807, 2.05) is 0 Å². The van der Waals surface area contributed by atoms with E-state index in [4.69, 9.17) is 11.6 Å². The van der Waals surface area contributed by atoms with Gasteiger partial charge in [0.2, 0.25) is 10.0 Å². The molecular formula is C20H29ClN2O4S. The first kappa shape index (κ1) is 21.6. The van der Waals surface area contributed by atoms with Crippen LogP contribution in [0.5, 0.6) is 0 Å². The summed E-state index contributed by atoms with van der Waals surface area (Å²) in [6, 6.07) is 4.30. The first-order chi connectivity index (χ1) is 13.2. The average Bonchev–Trinajstić information content (AvgIpc) is 2.63. The summed E-state index contributed by atoms with van der Waals surface area (Å²) in [6.45, 7) is 5.09. The minimum Gasteiger partial charge on any atom is -0.393 e. The monoisotopic (exact) mass is 428 g/mol. The third-order valence-electron chi connectivity index (χ3n) is 5.69. The van der Waals surface area contributed by atoms with Crippen molar-refractivity contribution in [1.29, 1.82) is 0 Å². The summed E-state index contributed by atoms with van der Waals surface area (Å²) in [5.41, 5.74) is 0.173. The molecule has 0 spiro atoms. The lowest BCUT2D eigenvalue weighted by Gasteiger charge is -2.34. The van der Waals surface area contributed by atoms with Gasteiger partial charge in [0.1, 0.15) is 0 Å². The minimum atomic E-state index is -3.68. The molecule has 0 radical (unpaired) electrons. The van der Waals surface area contributed by atoms with Gasteiger partial charge in [0, 0.05) is 19.1 Å². The number of carbonyl (C=O) groups is 1. The lowest BCUT2D eigenvalue weighted by atomic mass is 9.93. The van der Waals surface area contributed by atoms with Crippen LogP contribution in [0.4, 0.5) is 0 Å². The molecule has 156 valence electrons. The number of sulfonamides is 1. The molecule has 1 aromatic carbocycles. The number of hydrogen-bond donors (Lipinski definition) is 2. The zero-order valence-corrected chi connectivity index (χ0v) is 18.0. The second-order valence-electron chi connectivity index (χ2n) is 8.39. The van der Waals surface area contributed by atoms with Gasteiger partial charge in [-0.3, -0.25) is 4.79 Å². The molecule has 1 saturated heterocycles. The number of carbonyl (C=O) groups excluding carboxylic acids is 1. The van der Waals surface area contributed by atoms with Crippen LogP contribution >= 0.6 is 11.6 Å². The standard InChI is InChI=1S/C20H29ClN2O4S/c1-13-9-14(2)12-23(11-13)28(26,27)17-7-8-19(21)18(10-17)20(25)22-15-3-5-16(24)6-4-15/h7-8,10,13-16,24H,3-6,9,11-12H2,1-2H3,(H,22,25)/t13-,14-,15?,16?/m1/s1. The predicted octanol–water partition coefficient (Wildman–Crippen LogP) is 3.04. The third kappa shape index (κ3) is 4.87. The normalized spacial score (nSPS) is 29.4. The van der Waals surface area contributed by atoms with Crippen molar-refractivity contribution < 1.29 is 18.3 Å². The van der Waals surface area contributed by atoms with Crippen LogP contribution in [-0.2, 0) is 10.0 Å². The lowest BCUT2D eigenvalue weighted by Crippen LogP contribution is -2.42. The molecule has 2 fully saturated rings. The molecule has 1 heterocycles. The Morgan fingerprint density at radius 2 is 1.75 bits per heavy atom. The van der Waals surface area contributed by atoms with E-state index in [0.29, 0.717) is 50.6 Å². The van der Waals surface area contributed by atoms with Crippen LogP contribution in [0.25, 0.3) is 0 Å². The van der Waals surface area contributed by atoms with E-state index in [-0.39, 0.29) is 33.5 Å². The first-order valence-corrected chi connectivity index (χ1v) is 11.8. The summed E-state index contributed by atoms with van der Waals surface area (Å²) in [6.07, 6.45) is 3.41. The number of rotatable bonds is 4. The molecule has 1 aliphatic heterocycles. The Kier molecular flexibility index (Phi) is 6.69. The number of aliphatic hydroxyl groups is 1.